The van der Waals surface area contributed by atoms with Crippen LogP contribution in [0.4, 0.5) is 13.2 Å². The van der Waals surface area contributed by atoms with Crippen molar-refractivity contribution in [3.63, 3.8) is 0 Å². The van der Waals surface area contributed by atoms with Crippen LogP contribution < -0.4 is 0 Å². The Kier molecular flexibility index (Phi) is 3.20. The Bertz CT molecular complexity index is 297. The van der Waals surface area contributed by atoms with Gasteiger partial charge in [0.15, 0.2) is 0 Å². The van der Waals surface area contributed by atoms with Crippen molar-refractivity contribution in [3.05, 3.63) is 35.1 Å². The number of alkyl halides is 3. The maximum atomic E-state index is 12.6. The summed E-state index contributed by atoms with van der Waals surface area (Å²) in [6.45, 7) is 1.57. The zero-order valence-corrected chi connectivity index (χ0v) is 7.65. The highest BCUT2D eigenvalue weighted by molar-refractivity contribution is 6.20. The van der Waals surface area contributed by atoms with Crippen LogP contribution in [-0.4, -0.2) is 0 Å². The Balaban J connectivity index is 3.19. The first-order valence-electron chi connectivity index (χ1n) is 3.74. The molecule has 0 nitrogen and oxygen atoms in total. The molecule has 0 aliphatic carbocycles. The first kappa shape index (κ1) is 10.4. The maximum Gasteiger partial charge on any atom is 0.264 e. The number of hydrogen-bond donors (Lipinski definition) is 0. The molecule has 0 amide bonds. The zero-order chi connectivity index (χ0) is 10.0. The van der Waals surface area contributed by atoms with Crippen LogP contribution >= 0.6 is 11.6 Å². The molecule has 0 spiro atoms. The van der Waals surface area contributed by atoms with Crippen LogP contribution in [0.3, 0.4) is 0 Å². The zero-order valence-electron chi connectivity index (χ0n) is 6.90. The number of benzene rings is 1. The molecule has 0 saturated heterocycles. The van der Waals surface area contributed by atoms with Crippen molar-refractivity contribution in [2.45, 2.75) is 18.7 Å². The lowest BCUT2D eigenvalue weighted by Crippen LogP contribution is -1.96. The summed E-state index contributed by atoms with van der Waals surface area (Å²) in [6, 6.07) is 3.23. The molecule has 4 heteroatoms. The van der Waals surface area contributed by atoms with Crippen LogP contribution in [0.5, 0.6) is 0 Å². The molecule has 72 valence electrons. The van der Waals surface area contributed by atoms with E-state index >= 15 is 0 Å². The van der Waals surface area contributed by atoms with Gasteiger partial charge in [0.2, 0.25) is 0 Å². The Morgan fingerprint density at radius 1 is 1.23 bits per heavy atom. The van der Waals surface area contributed by atoms with Gasteiger partial charge in [-0.05, 0) is 24.6 Å². The maximum absolute atomic E-state index is 12.6. The van der Waals surface area contributed by atoms with Crippen LogP contribution in [0.2, 0.25) is 0 Å². The summed E-state index contributed by atoms with van der Waals surface area (Å²) in [5.41, 5.74) is -0.0550. The highest BCUT2D eigenvalue weighted by atomic mass is 35.5. The van der Waals surface area contributed by atoms with E-state index in [0.29, 0.717) is 0 Å². The SMILES string of the molecule is CC(Cl)c1ccc(F)cc1C(F)F. The molecule has 0 aliphatic heterocycles. The molecule has 0 N–H and O–H groups in total. The van der Waals surface area contributed by atoms with Gasteiger partial charge in [-0.2, -0.15) is 0 Å². The molecule has 1 aromatic rings. The summed E-state index contributed by atoms with van der Waals surface area (Å²) in [4.78, 5) is 0. The second-order valence-electron chi connectivity index (χ2n) is 2.69. The Morgan fingerprint density at radius 3 is 2.31 bits per heavy atom. The van der Waals surface area contributed by atoms with E-state index in [-0.39, 0.29) is 11.1 Å². The molecule has 1 rings (SSSR count). The Labute approximate surface area is 79.3 Å². The van der Waals surface area contributed by atoms with Gasteiger partial charge >= 0.3 is 0 Å². The average molecular weight is 209 g/mol. The third-order valence-electron chi connectivity index (χ3n) is 1.71. The second kappa shape index (κ2) is 4.01. The summed E-state index contributed by atoms with van der Waals surface area (Å²) in [5, 5.41) is -0.537. The number of rotatable bonds is 2. The van der Waals surface area contributed by atoms with Crippen LogP contribution in [0.25, 0.3) is 0 Å². The molecule has 1 unspecified atom stereocenters. The van der Waals surface area contributed by atoms with E-state index in [2.05, 4.69) is 0 Å². The molecule has 0 heterocycles. The van der Waals surface area contributed by atoms with Crippen molar-refractivity contribution < 1.29 is 13.2 Å². The first-order valence-corrected chi connectivity index (χ1v) is 4.17. The topological polar surface area (TPSA) is 0 Å². The van der Waals surface area contributed by atoms with Gasteiger partial charge in [-0.1, -0.05) is 6.07 Å². The van der Waals surface area contributed by atoms with E-state index in [0.717, 1.165) is 12.1 Å². The fourth-order valence-electron chi connectivity index (χ4n) is 1.10. The molecule has 0 aromatic heterocycles. The van der Waals surface area contributed by atoms with E-state index in [1.807, 2.05) is 0 Å². The molecule has 0 fully saturated rings. The van der Waals surface area contributed by atoms with Crippen LogP contribution in [0, 0.1) is 5.82 Å². The summed E-state index contributed by atoms with van der Waals surface area (Å²) in [5.74, 6) is -0.670. The number of hydrogen-bond acceptors (Lipinski definition) is 0. The second-order valence-corrected chi connectivity index (χ2v) is 3.34. The minimum Gasteiger partial charge on any atom is -0.207 e. The molecule has 1 aromatic carbocycles. The predicted octanol–water partition coefficient (Wildman–Crippen LogP) is 4.06. The van der Waals surface area contributed by atoms with Crippen molar-refractivity contribution in [1.82, 2.24) is 0 Å². The summed E-state index contributed by atoms with van der Waals surface area (Å²) in [6.07, 6.45) is -2.69. The molecule has 0 saturated carbocycles. The monoisotopic (exact) mass is 208 g/mol. The van der Waals surface area contributed by atoms with Crippen molar-refractivity contribution in [1.29, 1.82) is 0 Å². The van der Waals surface area contributed by atoms with Crippen molar-refractivity contribution in [2.75, 3.05) is 0 Å². The van der Waals surface area contributed by atoms with E-state index in [9.17, 15) is 13.2 Å². The highest BCUT2D eigenvalue weighted by Gasteiger charge is 2.16. The quantitative estimate of drug-likeness (QED) is 0.643. The molecule has 13 heavy (non-hydrogen) atoms. The first-order chi connectivity index (χ1) is 6.02. The van der Waals surface area contributed by atoms with E-state index in [1.54, 1.807) is 6.92 Å². The molecular weight excluding hydrogens is 201 g/mol. The third-order valence-corrected chi connectivity index (χ3v) is 1.95. The molecule has 0 bridgehead atoms. The minimum absolute atomic E-state index is 0.276. The molecule has 0 aliphatic rings. The largest absolute Gasteiger partial charge is 0.264 e. The number of halogens is 4. The van der Waals surface area contributed by atoms with Crippen molar-refractivity contribution in [3.8, 4) is 0 Å². The van der Waals surface area contributed by atoms with Gasteiger partial charge in [-0.25, -0.2) is 13.2 Å². The molecule has 1 atom stereocenters. The van der Waals surface area contributed by atoms with Gasteiger partial charge < -0.3 is 0 Å². The van der Waals surface area contributed by atoms with Crippen LogP contribution in [0.15, 0.2) is 18.2 Å². The fraction of sp³-hybridized carbons (Fsp3) is 0.333. The summed E-state index contributed by atoms with van der Waals surface area (Å²) in [7, 11) is 0. The van der Waals surface area contributed by atoms with Crippen molar-refractivity contribution >= 4 is 11.6 Å². The average Bonchev–Trinajstić information content (AvgIpc) is 2.03. The Morgan fingerprint density at radius 2 is 1.85 bits per heavy atom. The van der Waals surface area contributed by atoms with Gasteiger partial charge in [0.25, 0.3) is 6.43 Å². The molecular formula is C9H8ClF3. The van der Waals surface area contributed by atoms with E-state index in [4.69, 9.17) is 11.6 Å². The smallest absolute Gasteiger partial charge is 0.207 e. The fourth-order valence-corrected chi connectivity index (χ4v) is 1.30. The van der Waals surface area contributed by atoms with Gasteiger partial charge in [0.1, 0.15) is 5.82 Å². The Hall–Kier alpha value is -0.700. The molecule has 0 radical (unpaired) electrons. The third kappa shape index (κ3) is 2.37. The van der Waals surface area contributed by atoms with Gasteiger partial charge in [-0.15, -0.1) is 11.6 Å². The van der Waals surface area contributed by atoms with Gasteiger partial charge in [0.05, 0.1) is 5.38 Å². The highest BCUT2D eigenvalue weighted by Crippen LogP contribution is 2.30. The lowest BCUT2D eigenvalue weighted by molar-refractivity contribution is 0.149. The van der Waals surface area contributed by atoms with Gasteiger partial charge in [0, 0.05) is 5.56 Å². The lowest BCUT2D eigenvalue weighted by atomic mass is 10.1. The lowest BCUT2D eigenvalue weighted by Gasteiger charge is -2.10. The van der Waals surface area contributed by atoms with Crippen molar-refractivity contribution in [2.24, 2.45) is 0 Å². The predicted molar refractivity (Wildman–Crippen MR) is 45.6 cm³/mol. The van der Waals surface area contributed by atoms with E-state index < -0.39 is 17.6 Å². The normalized spacial score (nSPS) is 13.4. The summed E-state index contributed by atoms with van der Waals surface area (Å²) < 4.78 is 37.3. The standard InChI is InChI=1S/C9H8ClF3/c1-5(10)7-3-2-6(11)4-8(7)9(12)13/h2-5,9H,1H3. The van der Waals surface area contributed by atoms with Crippen LogP contribution in [0.1, 0.15) is 29.9 Å². The minimum atomic E-state index is -2.69. The summed E-state index contributed by atoms with van der Waals surface area (Å²) >= 11 is 5.65. The van der Waals surface area contributed by atoms with Crippen LogP contribution in [-0.2, 0) is 0 Å². The van der Waals surface area contributed by atoms with Gasteiger partial charge in [-0.3, -0.25) is 0 Å². The van der Waals surface area contributed by atoms with E-state index in [1.165, 1.54) is 6.07 Å².